The zero-order chi connectivity index (χ0) is 17.7. The van der Waals surface area contributed by atoms with Crippen LogP contribution in [0.5, 0.6) is 5.75 Å². The monoisotopic (exact) mass is 340 g/mol. The van der Waals surface area contributed by atoms with Crippen molar-refractivity contribution >= 4 is 11.4 Å². The molecule has 1 heterocycles. The minimum absolute atomic E-state index is 0.00885. The fourth-order valence-corrected chi connectivity index (χ4v) is 3.31. The fraction of sp³-hybridized carbons (Fsp3) is 0.647. The van der Waals surface area contributed by atoms with E-state index >= 15 is 0 Å². The fourth-order valence-electron chi connectivity index (χ4n) is 3.31. The molecule has 1 saturated heterocycles. The molecule has 1 aromatic carbocycles. The van der Waals surface area contributed by atoms with E-state index in [-0.39, 0.29) is 23.6 Å². The van der Waals surface area contributed by atoms with Crippen LogP contribution in [0, 0.1) is 21.8 Å². The van der Waals surface area contributed by atoms with Crippen LogP contribution in [0.15, 0.2) is 12.1 Å². The molecule has 0 saturated carbocycles. The standard InChI is InChI=1S/C17H25FN2O4/c1-4-11(5-2)16-8-12(6-7-24-16)19-15-10-13(23-3)9-14(18)17(15)20(21)22/h9-12,16,19H,4-8H2,1-3H3. The van der Waals surface area contributed by atoms with Crippen LogP contribution in [-0.2, 0) is 4.74 Å². The lowest BCUT2D eigenvalue weighted by molar-refractivity contribution is -0.386. The van der Waals surface area contributed by atoms with Gasteiger partial charge in [0.15, 0.2) is 0 Å². The maximum Gasteiger partial charge on any atom is 0.327 e. The smallest absolute Gasteiger partial charge is 0.327 e. The summed E-state index contributed by atoms with van der Waals surface area (Å²) in [4.78, 5) is 10.5. The minimum Gasteiger partial charge on any atom is -0.497 e. The Bertz CT molecular complexity index is 578. The Labute approximate surface area is 141 Å². The third kappa shape index (κ3) is 4.14. The van der Waals surface area contributed by atoms with Gasteiger partial charge in [0.05, 0.1) is 18.1 Å². The Morgan fingerprint density at radius 2 is 2.17 bits per heavy atom. The second-order valence-electron chi connectivity index (χ2n) is 6.11. The van der Waals surface area contributed by atoms with E-state index in [1.165, 1.54) is 13.2 Å². The van der Waals surface area contributed by atoms with Crippen molar-refractivity contribution in [2.45, 2.75) is 51.7 Å². The average Bonchev–Trinajstić information content (AvgIpc) is 2.55. The molecule has 2 rings (SSSR count). The van der Waals surface area contributed by atoms with Gasteiger partial charge in [-0.3, -0.25) is 10.1 Å². The van der Waals surface area contributed by atoms with Crippen LogP contribution < -0.4 is 10.1 Å². The lowest BCUT2D eigenvalue weighted by Crippen LogP contribution is -2.38. The molecule has 24 heavy (non-hydrogen) atoms. The molecule has 0 radical (unpaired) electrons. The molecule has 7 heteroatoms. The summed E-state index contributed by atoms with van der Waals surface area (Å²) < 4.78 is 24.9. The summed E-state index contributed by atoms with van der Waals surface area (Å²) in [7, 11) is 1.40. The van der Waals surface area contributed by atoms with Crippen LogP contribution in [-0.4, -0.2) is 30.8 Å². The largest absolute Gasteiger partial charge is 0.497 e. The van der Waals surface area contributed by atoms with Crippen molar-refractivity contribution in [2.24, 2.45) is 5.92 Å². The Morgan fingerprint density at radius 1 is 1.46 bits per heavy atom. The van der Waals surface area contributed by atoms with Crippen molar-refractivity contribution in [3.63, 3.8) is 0 Å². The molecule has 134 valence electrons. The van der Waals surface area contributed by atoms with Gasteiger partial charge in [-0.1, -0.05) is 26.7 Å². The van der Waals surface area contributed by atoms with E-state index in [1.54, 1.807) is 0 Å². The summed E-state index contributed by atoms with van der Waals surface area (Å²) in [5, 5.41) is 14.3. The number of nitro groups is 1. The lowest BCUT2D eigenvalue weighted by Gasteiger charge is -2.34. The molecule has 2 atom stereocenters. The molecule has 1 aromatic rings. The number of benzene rings is 1. The number of methoxy groups -OCH3 is 1. The van der Waals surface area contributed by atoms with Gasteiger partial charge in [-0.05, 0) is 18.8 Å². The molecular formula is C17H25FN2O4. The van der Waals surface area contributed by atoms with E-state index in [0.717, 1.165) is 31.7 Å². The maximum atomic E-state index is 14.0. The van der Waals surface area contributed by atoms with E-state index in [1.807, 2.05) is 0 Å². The Balaban J connectivity index is 2.20. The van der Waals surface area contributed by atoms with Crippen LogP contribution in [0.1, 0.15) is 39.5 Å². The van der Waals surface area contributed by atoms with Gasteiger partial charge in [-0.2, -0.15) is 4.39 Å². The second kappa shape index (κ2) is 8.28. The molecule has 1 fully saturated rings. The molecule has 1 aliphatic rings. The number of hydrogen-bond acceptors (Lipinski definition) is 5. The number of halogens is 1. The summed E-state index contributed by atoms with van der Waals surface area (Å²) in [6.07, 6.45) is 3.67. The number of nitro benzene ring substituents is 1. The first-order chi connectivity index (χ1) is 11.5. The van der Waals surface area contributed by atoms with Gasteiger partial charge in [0, 0.05) is 24.8 Å². The van der Waals surface area contributed by atoms with Crippen LogP contribution in [0.3, 0.4) is 0 Å². The first-order valence-electron chi connectivity index (χ1n) is 8.40. The Morgan fingerprint density at radius 3 is 2.75 bits per heavy atom. The van der Waals surface area contributed by atoms with Crippen LogP contribution in [0.4, 0.5) is 15.8 Å². The maximum absolute atomic E-state index is 14.0. The predicted octanol–water partition coefficient (Wildman–Crippen LogP) is 4.14. The summed E-state index contributed by atoms with van der Waals surface area (Å²) in [5.41, 5.74) is -0.381. The summed E-state index contributed by atoms with van der Waals surface area (Å²) in [5.74, 6) is -0.179. The summed E-state index contributed by atoms with van der Waals surface area (Å²) in [6, 6.07) is 2.51. The quantitative estimate of drug-likeness (QED) is 0.596. The van der Waals surface area contributed by atoms with Gasteiger partial charge < -0.3 is 14.8 Å². The highest BCUT2D eigenvalue weighted by Crippen LogP contribution is 2.35. The normalized spacial score (nSPS) is 20.9. The second-order valence-corrected chi connectivity index (χ2v) is 6.11. The number of ether oxygens (including phenoxy) is 2. The van der Waals surface area contributed by atoms with E-state index < -0.39 is 16.4 Å². The topological polar surface area (TPSA) is 73.6 Å². The number of rotatable bonds is 7. The average molecular weight is 340 g/mol. The third-order valence-electron chi connectivity index (χ3n) is 4.70. The number of nitrogens with zero attached hydrogens (tertiary/aromatic N) is 1. The van der Waals surface area contributed by atoms with E-state index in [9.17, 15) is 14.5 Å². The molecule has 1 N–H and O–H groups in total. The zero-order valence-corrected chi connectivity index (χ0v) is 14.4. The SMILES string of the molecule is CCC(CC)C1CC(Nc2cc(OC)cc(F)c2[N+](=O)[O-])CCO1. The first kappa shape index (κ1) is 18.4. The molecule has 0 aromatic heterocycles. The van der Waals surface area contributed by atoms with Gasteiger partial charge in [0.1, 0.15) is 11.4 Å². The Kier molecular flexibility index (Phi) is 6.36. The van der Waals surface area contributed by atoms with E-state index in [2.05, 4.69) is 19.2 Å². The van der Waals surface area contributed by atoms with Crippen LogP contribution in [0.2, 0.25) is 0 Å². The van der Waals surface area contributed by atoms with E-state index in [0.29, 0.717) is 12.5 Å². The lowest BCUT2D eigenvalue weighted by atomic mass is 9.89. The molecule has 0 bridgehead atoms. The molecule has 2 unspecified atom stereocenters. The van der Waals surface area contributed by atoms with Crippen LogP contribution in [0.25, 0.3) is 0 Å². The zero-order valence-electron chi connectivity index (χ0n) is 14.4. The minimum atomic E-state index is -0.898. The van der Waals surface area contributed by atoms with Crippen molar-refractivity contribution in [2.75, 3.05) is 19.0 Å². The van der Waals surface area contributed by atoms with Gasteiger partial charge in [-0.15, -0.1) is 0 Å². The number of hydrogen-bond donors (Lipinski definition) is 1. The molecule has 0 spiro atoms. The van der Waals surface area contributed by atoms with Crippen molar-refractivity contribution in [3.8, 4) is 5.75 Å². The third-order valence-corrected chi connectivity index (χ3v) is 4.70. The van der Waals surface area contributed by atoms with Gasteiger partial charge >= 0.3 is 5.69 Å². The predicted molar refractivity (Wildman–Crippen MR) is 90.1 cm³/mol. The van der Waals surface area contributed by atoms with Crippen molar-refractivity contribution in [1.29, 1.82) is 0 Å². The first-order valence-corrected chi connectivity index (χ1v) is 8.40. The molecule has 0 amide bonds. The number of anilines is 1. The highest BCUT2D eigenvalue weighted by molar-refractivity contribution is 5.65. The molecule has 0 aliphatic carbocycles. The van der Waals surface area contributed by atoms with Crippen molar-refractivity contribution < 1.29 is 18.8 Å². The van der Waals surface area contributed by atoms with Gasteiger partial charge in [-0.25, -0.2) is 0 Å². The molecule has 6 nitrogen and oxygen atoms in total. The van der Waals surface area contributed by atoms with Gasteiger partial charge in [0.25, 0.3) is 0 Å². The Hall–Kier alpha value is -1.89. The van der Waals surface area contributed by atoms with E-state index in [4.69, 9.17) is 9.47 Å². The highest BCUT2D eigenvalue weighted by Gasteiger charge is 2.30. The molecule has 1 aliphatic heterocycles. The van der Waals surface area contributed by atoms with Crippen molar-refractivity contribution in [1.82, 2.24) is 0 Å². The van der Waals surface area contributed by atoms with Gasteiger partial charge in [0.2, 0.25) is 5.82 Å². The highest BCUT2D eigenvalue weighted by atomic mass is 19.1. The van der Waals surface area contributed by atoms with Crippen LogP contribution >= 0.6 is 0 Å². The van der Waals surface area contributed by atoms with Crippen molar-refractivity contribution in [3.05, 3.63) is 28.1 Å². The molecular weight excluding hydrogens is 315 g/mol. The number of nitrogens with one attached hydrogen (secondary N) is 1. The summed E-state index contributed by atoms with van der Waals surface area (Å²) in [6.45, 7) is 4.87. The summed E-state index contributed by atoms with van der Waals surface area (Å²) >= 11 is 0.